The maximum Gasteiger partial charge on any atom is 0.240 e. The molecule has 0 aliphatic carbocycles. The van der Waals surface area contributed by atoms with Crippen molar-refractivity contribution >= 4 is 42.9 Å². The standard InChI is InChI=1S/C6H2Cl2NOP/c7-4-1-2-11-6(5(4)8)9-3-10/h1-2H. The van der Waals surface area contributed by atoms with Gasteiger partial charge in [-0.05, 0) is 20.1 Å². The van der Waals surface area contributed by atoms with E-state index in [0.29, 0.717) is 15.5 Å². The van der Waals surface area contributed by atoms with Crippen molar-refractivity contribution in [3.8, 4) is 0 Å². The van der Waals surface area contributed by atoms with Crippen molar-refractivity contribution in [1.29, 1.82) is 0 Å². The van der Waals surface area contributed by atoms with Crippen LogP contribution in [0.1, 0.15) is 0 Å². The van der Waals surface area contributed by atoms with Crippen molar-refractivity contribution in [2.45, 2.75) is 0 Å². The molecule has 1 aromatic heterocycles. The Hall–Kier alpha value is -0.390. The van der Waals surface area contributed by atoms with Gasteiger partial charge in [0.25, 0.3) is 0 Å². The van der Waals surface area contributed by atoms with Crippen LogP contribution >= 0.6 is 31.4 Å². The highest BCUT2D eigenvalue weighted by Gasteiger charge is 2.01. The predicted molar refractivity (Wildman–Crippen MR) is 46.8 cm³/mol. The van der Waals surface area contributed by atoms with E-state index in [1.54, 1.807) is 11.9 Å². The van der Waals surface area contributed by atoms with Gasteiger partial charge in [-0.25, -0.2) is 4.79 Å². The molecule has 0 atom stereocenters. The first kappa shape index (κ1) is 8.70. The van der Waals surface area contributed by atoms with Crippen molar-refractivity contribution in [2.75, 3.05) is 0 Å². The fourth-order valence-corrected chi connectivity index (χ4v) is 1.79. The molecule has 56 valence electrons. The van der Waals surface area contributed by atoms with Crippen molar-refractivity contribution in [2.24, 2.45) is 4.99 Å². The van der Waals surface area contributed by atoms with Gasteiger partial charge in [0.1, 0.15) is 5.42 Å². The Bertz CT molecular complexity index is 322. The van der Waals surface area contributed by atoms with Crippen molar-refractivity contribution < 1.29 is 4.79 Å². The van der Waals surface area contributed by atoms with Gasteiger partial charge in [0.05, 0.1) is 10.0 Å². The first-order chi connectivity index (χ1) is 5.25. The van der Waals surface area contributed by atoms with Crippen molar-refractivity contribution in [3.05, 3.63) is 21.9 Å². The number of nitrogens with zero attached hydrogens (tertiary/aromatic N) is 1. The normalized spacial score (nSPS) is 9.64. The largest absolute Gasteiger partial charge is 0.240 e. The van der Waals surface area contributed by atoms with Crippen molar-refractivity contribution in [1.82, 2.24) is 0 Å². The Balaban J connectivity index is 3.26. The smallest absolute Gasteiger partial charge is 0.211 e. The average Bonchev–Trinajstić information content (AvgIpc) is 1.99. The van der Waals surface area contributed by atoms with Gasteiger partial charge in [-0.3, -0.25) is 0 Å². The predicted octanol–water partition coefficient (Wildman–Crippen LogP) is 3.54. The molecule has 0 N–H and O–H groups in total. The lowest BCUT2D eigenvalue weighted by Gasteiger charge is -1.94. The quantitative estimate of drug-likeness (QED) is 0.510. The van der Waals surface area contributed by atoms with Crippen LogP contribution in [0.2, 0.25) is 10.0 Å². The summed E-state index contributed by atoms with van der Waals surface area (Å²) in [5, 5.41) is 0.721. The van der Waals surface area contributed by atoms with E-state index < -0.39 is 0 Å². The molecule has 1 heterocycles. The Morgan fingerprint density at radius 3 is 2.91 bits per heavy atom. The van der Waals surface area contributed by atoms with Gasteiger partial charge in [0.15, 0.2) is 0 Å². The summed E-state index contributed by atoms with van der Waals surface area (Å²) >= 11 is 11.3. The zero-order valence-corrected chi connectivity index (χ0v) is 7.62. The topological polar surface area (TPSA) is 29.4 Å². The summed E-state index contributed by atoms with van der Waals surface area (Å²) in [6.45, 7) is 0. The van der Waals surface area contributed by atoms with Crippen LogP contribution in [-0.2, 0) is 4.79 Å². The van der Waals surface area contributed by atoms with Crippen LogP contribution < -0.4 is 0 Å². The van der Waals surface area contributed by atoms with Crippen LogP contribution in [0, 0.1) is 0 Å². The molecule has 11 heavy (non-hydrogen) atoms. The minimum absolute atomic E-state index is 0.319. The van der Waals surface area contributed by atoms with Gasteiger partial charge < -0.3 is 0 Å². The summed E-state index contributed by atoms with van der Waals surface area (Å²) in [4.78, 5) is 13.2. The highest BCUT2D eigenvalue weighted by Crippen LogP contribution is 2.37. The fraction of sp³-hybridized carbons (Fsp3) is 0. The second-order valence-electron chi connectivity index (χ2n) is 1.63. The zero-order chi connectivity index (χ0) is 8.27. The summed E-state index contributed by atoms with van der Waals surface area (Å²) in [7, 11) is 0.765. The molecule has 0 bridgehead atoms. The lowest BCUT2D eigenvalue weighted by atomic mass is 10.5. The van der Waals surface area contributed by atoms with Crippen LogP contribution in [-0.4, -0.2) is 6.08 Å². The minimum Gasteiger partial charge on any atom is -0.211 e. The van der Waals surface area contributed by atoms with Crippen LogP contribution in [0.4, 0.5) is 5.42 Å². The summed E-state index contributed by atoms with van der Waals surface area (Å²) in [6, 6.07) is 1.66. The molecule has 0 saturated carbocycles. The third kappa shape index (κ3) is 2.02. The maximum absolute atomic E-state index is 9.86. The number of hydrogen-bond acceptors (Lipinski definition) is 2. The van der Waals surface area contributed by atoms with E-state index in [-0.39, 0.29) is 0 Å². The molecule has 1 aromatic rings. The van der Waals surface area contributed by atoms with E-state index >= 15 is 0 Å². The molecule has 0 radical (unpaired) electrons. The molecule has 2 nitrogen and oxygen atoms in total. The molecule has 0 amide bonds. The molecule has 0 aliphatic heterocycles. The van der Waals surface area contributed by atoms with Gasteiger partial charge in [0, 0.05) is 0 Å². The molecule has 0 aliphatic rings. The lowest BCUT2D eigenvalue weighted by Crippen LogP contribution is -1.64. The number of hydrogen-bond donors (Lipinski definition) is 0. The average molecular weight is 206 g/mol. The van der Waals surface area contributed by atoms with E-state index in [4.69, 9.17) is 23.2 Å². The van der Waals surface area contributed by atoms with Gasteiger partial charge in [-0.2, -0.15) is 4.99 Å². The second kappa shape index (κ2) is 3.85. The van der Waals surface area contributed by atoms with Crippen LogP contribution in [0.5, 0.6) is 0 Å². The molecule has 0 saturated heterocycles. The zero-order valence-electron chi connectivity index (χ0n) is 5.21. The minimum atomic E-state index is 0.319. The summed E-state index contributed by atoms with van der Waals surface area (Å²) in [5.74, 6) is 1.75. The van der Waals surface area contributed by atoms with E-state index in [9.17, 15) is 4.79 Å². The molecular weight excluding hydrogens is 204 g/mol. The summed E-state index contributed by atoms with van der Waals surface area (Å²) < 4.78 is 0. The first-order valence-corrected chi connectivity index (χ1v) is 4.35. The van der Waals surface area contributed by atoms with Crippen LogP contribution in [0.15, 0.2) is 16.9 Å². The molecule has 0 unspecified atom stereocenters. The lowest BCUT2D eigenvalue weighted by molar-refractivity contribution is 0.565. The number of isocyanates is 1. The van der Waals surface area contributed by atoms with E-state index in [1.165, 1.54) is 6.08 Å². The molecule has 0 fully saturated rings. The SMILES string of the molecule is O=C=Nc1pccc(Cl)c1Cl. The van der Waals surface area contributed by atoms with Gasteiger partial charge in [-0.15, -0.1) is 0 Å². The number of carbonyl (C=O) groups excluding carboxylic acids is 1. The Kier molecular flexibility index (Phi) is 3.04. The highest BCUT2D eigenvalue weighted by molar-refractivity contribution is 7.33. The van der Waals surface area contributed by atoms with Crippen molar-refractivity contribution in [3.63, 3.8) is 0 Å². The molecule has 0 aromatic carbocycles. The van der Waals surface area contributed by atoms with Gasteiger partial charge in [-0.1, -0.05) is 23.2 Å². The highest BCUT2D eigenvalue weighted by atomic mass is 35.5. The summed E-state index contributed by atoms with van der Waals surface area (Å²) in [5.41, 5.74) is 0.439. The molecule has 5 heteroatoms. The fourth-order valence-electron chi connectivity index (χ4n) is 0.531. The number of halogens is 2. The summed E-state index contributed by atoms with van der Waals surface area (Å²) in [6.07, 6.45) is 1.41. The van der Waals surface area contributed by atoms with E-state index in [0.717, 1.165) is 8.19 Å². The number of rotatable bonds is 1. The van der Waals surface area contributed by atoms with Gasteiger partial charge in [0.2, 0.25) is 6.08 Å². The Morgan fingerprint density at radius 1 is 1.55 bits per heavy atom. The van der Waals surface area contributed by atoms with Crippen LogP contribution in [0.3, 0.4) is 0 Å². The maximum atomic E-state index is 9.86. The molecule has 0 spiro atoms. The monoisotopic (exact) mass is 205 g/mol. The second-order valence-corrected chi connectivity index (χ2v) is 3.40. The molecular formula is C6H2Cl2NOP. The Morgan fingerprint density at radius 2 is 2.27 bits per heavy atom. The third-order valence-electron chi connectivity index (χ3n) is 0.975. The molecule has 1 rings (SSSR count). The van der Waals surface area contributed by atoms with E-state index in [2.05, 4.69) is 4.99 Å². The first-order valence-electron chi connectivity index (χ1n) is 2.63. The Labute approximate surface area is 75.0 Å². The third-order valence-corrected chi connectivity index (χ3v) is 2.77. The van der Waals surface area contributed by atoms with Crippen LogP contribution in [0.25, 0.3) is 0 Å². The van der Waals surface area contributed by atoms with E-state index in [1.807, 2.05) is 0 Å². The number of aliphatic imine (C=N–C) groups is 1. The van der Waals surface area contributed by atoms with Gasteiger partial charge >= 0.3 is 0 Å².